The zero-order valence-electron chi connectivity index (χ0n) is 11.0. The molecule has 1 saturated heterocycles. The van der Waals surface area contributed by atoms with Crippen LogP contribution >= 0.6 is 0 Å². The highest BCUT2D eigenvalue weighted by atomic mass is 16.5. The van der Waals surface area contributed by atoms with E-state index in [1.807, 2.05) is 6.20 Å². The molecule has 1 N–H and O–H groups in total. The van der Waals surface area contributed by atoms with E-state index in [0.717, 1.165) is 56.6 Å². The number of ether oxygens (including phenoxy) is 2. The fourth-order valence-corrected chi connectivity index (χ4v) is 3.80. The molecule has 4 rings (SSSR count). The van der Waals surface area contributed by atoms with Gasteiger partial charge in [0.25, 0.3) is 0 Å². The van der Waals surface area contributed by atoms with E-state index in [1.54, 1.807) is 0 Å². The number of aliphatic hydroxyl groups excluding tert-OH is 1. The molecule has 0 saturated carbocycles. The van der Waals surface area contributed by atoms with Crippen molar-refractivity contribution >= 4 is 0 Å². The van der Waals surface area contributed by atoms with Crippen molar-refractivity contribution in [1.82, 2.24) is 4.98 Å². The normalized spacial score (nSPS) is 28.2. The molecular formula is C15H19NO3. The fraction of sp³-hybridized carbons (Fsp3) is 0.667. The lowest BCUT2D eigenvalue weighted by atomic mass is 9.78. The first-order valence-corrected chi connectivity index (χ1v) is 7.21. The van der Waals surface area contributed by atoms with E-state index < -0.39 is 0 Å². The minimum atomic E-state index is -0.368. The summed E-state index contributed by atoms with van der Waals surface area (Å²) in [5.41, 5.74) is 4.34. The molecule has 4 nitrogen and oxygen atoms in total. The standard InChI is InChI=1S/C15H19NO3/c17-12-3-1-2-11-13(12)14-10(8-16-11)9-19-15(14)4-6-18-7-5-15/h8,12,17H,1-7,9H2. The van der Waals surface area contributed by atoms with Crippen molar-refractivity contribution in [3.05, 3.63) is 28.6 Å². The van der Waals surface area contributed by atoms with Crippen LogP contribution in [0, 0.1) is 0 Å². The lowest BCUT2D eigenvalue weighted by Crippen LogP contribution is -2.35. The smallest absolute Gasteiger partial charge is 0.0988 e. The van der Waals surface area contributed by atoms with Crippen LogP contribution in [0.2, 0.25) is 0 Å². The van der Waals surface area contributed by atoms with E-state index in [2.05, 4.69) is 4.98 Å². The van der Waals surface area contributed by atoms with E-state index in [0.29, 0.717) is 6.61 Å². The second-order valence-corrected chi connectivity index (χ2v) is 5.82. The van der Waals surface area contributed by atoms with Crippen LogP contribution in [-0.4, -0.2) is 23.3 Å². The molecule has 0 amide bonds. The van der Waals surface area contributed by atoms with Crippen molar-refractivity contribution in [3.63, 3.8) is 0 Å². The monoisotopic (exact) mass is 261 g/mol. The first-order chi connectivity index (χ1) is 9.30. The Balaban J connectivity index is 1.89. The number of nitrogens with zero attached hydrogens (tertiary/aromatic N) is 1. The first kappa shape index (κ1) is 11.8. The van der Waals surface area contributed by atoms with Gasteiger partial charge in [0, 0.05) is 49.1 Å². The Morgan fingerprint density at radius 1 is 1.32 bits per heavy atom. The van der Waals surface area contributed by atoms with Crippen LogP contribution in [0.25, 0.3) is 0 Å². The molecule has 3 aliphatic rings. The summed E-state index contributed by atoms with van der Waals surface area (Å²) in [6.45, 7) is 2.11. The Bertz CT molecular complexity index is 503. The third-order valence-corrected chi connectivity index (χ3v) is 4.76. The molecule has 102 valence electrons. The highest BCUT2D eigenvalue weighted by molar-refractivity contribution is 5.45. The maximum atomic E-state index is 10.4. The molecule has 1 aliphatic carbocycles. The van der Waals surface area contributed by atoms with Gasteiger partial charge in [0.2, 0.25) is 0 Å². The Hall–Kier alpha value is -0.970. The molecule has 1 unspecified atom stereocenters. The molecule has 3 heterocycles. The highest BCUT2D eigenvalue weighted by Gasteiger charge is 2.45. The summed E-state index contributed by atoms with van der Waals surface area (Å²) in [7, 11) is 0. The highest BCUT2D eigenvalue weighted by Crippen LogP contribution is 2.48. The lowest BCUT2D eigenvalue weighted by molar-refractivity contribution is -0.108. The molecule has 1 atom stereocenters. The van der Waals surface area contributed by atoms with Crippen molar-refractivity contribution in [2.24, 2.45) is 0 Å². The molecule has 0 aromatic carbocycles. The van der Waals surface area contributed by atoms with Gasteiger partial charge in [-0.25, -0.2) is 0 Å². The summed E-state index contributed by atoms with van der Waals surface area (Å²) < 4.78 is 11.6. The molecule has 2 aliphatic heterocycles. The van der Waals surface area contributed by atoms with E-state index in [9.17, 15) is 5.11 Å². The number of fused-ring (bicyclic) bond motifs is 4. The van der Waals surface area contributed by atoms with Crippen LogP contribution < -0.4 is 0 Å². The number of rotatable bonds is 0. The van der Waals surface area contributed by atoms with Gasteiger partial charge in [-0.2, -0.15) is 0 Å². The second kappa shape index (κ2) is 4.27. The first-order valence-electron chi connectivity index (χ1n) is 7.21. The Morgan fingerprint density at radius 3 is 3.00 bits per heavy atom. The zero-order chi connectivity index (χ0) is 12.9. The topological polar surface area (TPSA) is 51.6 Å². The van der Waals surface area contributed by atoms with Crippen LogP contribution in [0.1, 0.15) is 54.2 Å². The minimum Gasteiger partial charge on any atom is -0.388 e. The quantitative estimate of drug-likeness (QED) is 0.776. The summed E-state index contributed by atoms with van der Waals surface area (Å²) in [6, 6.07) is 0. The maximum absolute atomic E-state index is 10.4. The van der Waals surface area contributed by atoms with Crippen LogP contribution in [0.5, 0.6) is 0 Å². The molecule has 4 heteroatoms. The van der Waals surface area contributed by atoms with Gasteiger partial charge in [0.05, 0.1) is 18.3 Å². The average Bonchev–Trinajstić information content (AvgIpc) is 2.79. The second-order valence-electron chi connectivity index (χ2n) is 5.82. The lowest BCUT2D eigenvalue weighted by Gasteiger charge is -2.36. The van der Waals surface area contributed by atoms with E-state index in [4.69, 9.17) is 9.47 Å². The summed E-state index contributed by atoms with van der Waals surface area (Å²) in [6.07, 6.45) is 6.22. The maximum Gasteiger partial charge on any atom is 0.0988 e. The fourth-order valence-electron chi connectivity index (χ4n) is 3.80. The summed E-state index contributed by atoms with van der Waals surface area (Å²) in [5.74, 6) is 0. The van der Waals surface area contributed by atoms with Crippen molar-refractivity contribution in [1.29, 1.82) is 0 Å². The third-order valence-electron chi connectivity index (χ3n) is 4.76. The number of hydrogen-bond acceptors (Lipinski definition) is 4. The van der Waals surface area contributed by atoms with Crippen LogP contribution in [0.4, 0.5) is 0 Å². The van der Waals surface area contributed by atoms with Gasteiger partial charge in [0.15, 0.2) is 0 Å². The number of hydrogen-bond donors (Lipinski definition) is 1. The van der Waals surface area contributed by atoms with Crippen molar-refractivity contribution < 1.29 is 14.6 Å². The van der Waals surface area contributed by atoms with E-state index in [-0.39, 0.29) is 11.7 Å². The average molecular weight is 261 g/mol. The Labute approximate surface area is 112 Å². The van der Waals surface area contributed by atoms with Crippen molar-refractivity contribution in [2.45, 2.75) is 50.4 Å². The minimum absolute atomic E-state index is 0.223. The van der Waals surface area contributed by atoms with Gasteiger partial charge in [-0.15, -0.1) is 0 Å². The van der Waals surface area contributed by atoms with Crippen molar-refractivity contribution in [3.8, 4) is 0 Å². The predicted molar refractivity (Wildman–Crippen MR) is 68.7 cm³/mol. The molecule has 1 fully saturated rings. The van der Waals surface area contributed by atoms with E-state index in [1.165, 1.54) is 11.1 Å². The molecular weight excluding hydrogens is 242 g/mol. The molecule has 0 bridgehead atoms. The van der Waals surface area contributed by atoms with Crippen LogP contribution in [0.15, 0.2) is 6.20 Å². The molecule has 1 spiro atoms. The van der Waals surface area contributed by atoms with Gasteiger partial charge in [0.1, 0.15) is 0 Å². The van der Waals surface area contributed by atoms with Gasteiger partial charge in [-0.05, 0) is 24.8 Å². The number of aromatic nitrogens is 1. The summed E-state index contributed by atoms with van der Waals surface area (Å²) in [5, 5.41) is 10.4. The molecule has 1 aromatic heterocycles. The van der Waals surface area contributed by atoms with Gasteiger partial charge < -0.3 is 14.6 Å². The summed E-state index contributed by atoms with van der Waals surface area (Å²) >= 11 is 0. The number of aliphatic hydroxyl groups is 1. The van der Waals surface area contributed by atoms with Crippen molar-refractivity contribution in [2.75, 3.05) is 13.2 Å². The van der Waals surface area contributed by atoms with Crippen LogP contribution in [0.3, 0.4) is 0 Å². The van der Waals surface area contributed by atoms with Crippen LogP contribution in [-0.2, 0) is 28.1 Å². The number of pyridine rings is 1. The number of aryl methyl sites for hydroxylation is 1. The SMILES string of the molecule is OC1CCCc2ncc3c(c21)C1(CCOCC1)OC3. The van der Waals surface area contributed by atoms with E-state index >= 15 is 0 Å². The third kappa shape index (κ3) is 1.67. The Kier molecular flexibility index (Phi) is 2.65. The predicted octanol–water partition coefficient (Wildman–Crippen LogP) is 1.99. The zero-order valence-corrected chi connectivity index (χ0v) is 11.0. The molecule has 0 radical (unpaired) electrons. The summed E-state index contributed by atoms with van der Waals surface area (Å²) in [4.78, 5) is 4.55. The van der Waals surface area contributed by atoms with Gasteiger partial charge >= 0.3 is 0 Å². The Morgan fingerprint density at radius 2 is 2.16 bits per heavy atom. The van der Waals surface area contributed by atoms with Gasteiger partial charge in [-0.1, -0.05) is 0 Å². The van der Waals surface area contributed by atoms with Gasteiger partial charge in [-0.3, -0.25) is 4.98 Å². The largest absolute Gasteiger partial charge is 0.388 e. The molecule has 1 aromatic rings. The molecule has 19 heavy (non-hydrogen) atoms.